The molecule has 7 nitrogen and oxygen atoms in total. The van der Waals surface area contributed by atoms with Crippen molar-refractivity contribution in [2.75, 3.05) is 33.0 Å². The van der Waals surface area contributed by atoms with E-state index < -0.39 is 35.3 Å². The Bertz CT molecular complexity index is 1140. The summed E-state index contributed by atoms with van der Waals surface area (Å²) >= 11 is 0. The normalized spacial score (nSPS) is 22.4. The van der Waals surface area contributed by atoms with Crippen LogP contribution in [0.3, 0.4) is 0 Å². The van der Waals surface area contributed by atoms with Crippen molar-refractivity contribution in [3.8, 4) is 11.5 Å². The van der Waals surface area contributed by atoms with E-state index in [0.717, 1.165) is 29.2 Å². The fraction of sp³-hybridized carbons (Fsp3) is 0.440. The number of cyclic esters (lactones) is 1. The van der Waals surface area contributed by atoms with E-state index in [-0.39, 0.29) is 24.7 Å². The summed E-state index contributed by atoms with van der Waals surface area (Å²) < 4.78 is 57.8. The minimum Gasteiger partial charge on any atom is -0.456 e. The third-order valence-electron chi connectivity index (χ3n) is 6.67. The fourth-order valence-corrected chi connectivity index (χ4v) is 4.74. The lowest BCUT2D eigenvalue weighted by Gasteiger charge is -2.36. The molecule has 3 aliphatic rings. The summed E-state index contributed by atoms with van der Waals surface area (Å²) in [7, 11) is 0. The van der Waals surface area contributed by atoms with Crippen LogP contribution < -0.4 is 9.47 Å². The molecule has 3 aliphatic heterocycles. The van der Waals surface area contributed by atoms with E-state index in [1.165, 1.54) is 6.07 Å². The number of piperazine rings is 1. The number of hydrogen-bond acceptors (Lipinski definition) is 6. The lowest BCUT2D eigenvalue weighted by atomic mass is 9.92. The van der Waals surface area contributed by atoms with E-state index in [0.29, 0.717) is 39.6 Å². The molecule has 0 aromatic heterocycles. The number of amides is 1. The predicted molar refractivity (Wildman–Crippen MR) is 117 cm³/mol. The highest BCUT2D eigenvalue weighted by molar-refractivity contribution is 5.87. The minimum atomic E-state index is -3.21. The quantitative estimate of drug-likeness (QED) is 0.597. The molecule has 2 fully saturated rings. The smallest absolute Gasteiger partial charge is 0.307 e. The van der Waals surface area contributed by atoms with E-state index in [1.54, 1.807) is 4.90 Å². The van der Waals surface area contributed by atoms with Gasteiger partial charge in [-0.3, -0.25) is 14.5 Å². The second-order valence-corrected chi connectivity index (χ2v) is 9.13. The summed E-state index contributed by atoms with van der Waals surface area (Å²) in [5, 5.41) is 0. The van der Waals surface area contributed by atoms with Crippen LogP contribution >= 0.6 is 0 Å². The van der Waals surface area contributed by atoms with Crippen LogP contribution in [0.2, 0.25) is 0 Å². The molecular weight excluding hydrogens is 465 g/mol. The Morgan fingerprint density at radius 3 is 2.51 bits per heavy atom. The Kier molecular flexibility index (Phi) is 6.08. The number of alkyl halides is 2. The summed E-state index contributed by atoms with van der Waals surface area (Å²) in [6.45, 7) is 3.73. The fourth-order valence-electron chi connectivity index (χ4n) is 4.74. The number of carbonyl (C=O) groups excluding carboxylic acids is 2. The van der Waals surface area contributed by atoms with Gasteiger partial charge in [-0.15, -0.1) is 0 Å². The number of nitrogens with zero attached hydrogens (tertiary/aromatic N) is 2. The van der Waals surface area contributed by atoms with E-state index in [1.807, 2.05) is 18.2 Å². The number of esters is 1. The Morgan fingerprint density at radius 2 is 1.80 bits per heavy atom. The Hall–Kier alpha value is -3.27. The molecule has 5 rings (SSSR count). The van der Waals surface area contributed by atoms with Gasteiger partial charge in [0.2, 0.25) is 12.7 Å². The van der Waals surface area contributed by atoms with Crippen LogP contribution in [0.4, 0.5) is 13.2 Å². The molecule has 0 aliphatic carbocycles. The summed E-state index contributed by atoms with van der Waals surface area (Å²) in [5.41, 5.74) is 0.522. The molecule has 2 saturated heterocycles. The average Bonchev–Trinajstić information content (AvgIpc) is 3.44. The first-order valence-electron chi connectivity index (χ1n) is 11.5. The van der Waals surface area contributed by atoms with Crippen LogP contribution in [0.15, 0.2) is 36.4 Å². The Labute approximate surface area is 200 Å². The summed E-state index contributed by atoms with van der Waals surface area (Å²) in [5.74, 6) is -4.49. The largest absolute Gasteiger partial charge is 0.456 e. The van der Waals surface area contributed by atoms with Gasteiger partial charge in [0.25, 0.3) is 5.92 Å². The van der Waals surface area contributed by atoms with Gasteiger partial charge in [0.05, 0.1) is 12.3 Å². The first-order chi connectivity index (χ1) is 16.7. The molecule has 2 aromatic rings. The monoisotopic (exact) mass is 490 g/mol. The van der Waals surface area contributed by atoms with Gasteiger partial charge < -0.3 is 19.1 Å². The number of benzene rings is 2. The first kappa shape index (κ1) is 23.5. The summed E-state index contributed by atoms with van der Waals surface area (Å²) in [4.78, 5) is 29.2. The van der Waals surface area contributed by atoms with Crippen LogP contribution in [0.5, 0.6) is 11.5 Å². The number of carbonyl (C=O) groups is 2. The van der Waals surface area contributed by atoms with Crippen molar-refractivity contribution in [3.05, 3.63) is 58.9 Å². The van der Waals surface area contributed by atoms with Gasteiger partial charge in [0, 0.05) is 50.8 Å². The maximum absolute atomic E-state index is 14.7. The van der Waals surface area contributed by atoms with Crippen molar-refractivity contribution < 1.29 is 37.0 Å². The van der Waals surface area contributed by atoms with Gasteiger partial charge in [-0.2, -0.15) is 0 Å². The van der Waals surface area contributed by atoms with Gasteiger partial charge in [-0.25, -0.2) is 13.2 Å². The van der Waals surface area contributed by atoms with Gasteiger partial charge >= 0.3 is 5.97 Å². The SMILES string of the molecule is CC(F)(F)c1ccc(C2OC(=O)C[C@@H]2C(=O)N2CCN(Cc3ccc4c(c3)OCO4)CC2)c(F)c1. The summed E-state index contributed by atoms with van der Waals surface area (Å²) in [6, 6.07) is 8.81. The molecule has 0 radical (unpaired) electrons. The zero-order valence-corrected chi connectivity index (χ0v) is 19.1. The highest BCUT2D eigenvalue weighted by Gasteiger charge is 2.44. The molecule has 0 bridgehead atoms. The van der Waals surface area contributed by atoms with Gasteiger partial charge in [0.1, 0.15) is 11.9 Å². The lowest BCUT2D eigenvalue weighted by Crippen LogP contribution is -2.50. The molecule has 3 heterocycles. The van der Waals surface area contributed by atoms with Crippen molar-refractivity contribution in [2.45, 2.75) is 31.9 Å². The third kappa shape index (κ3) is 4.80. The van der Waals surface area contributed by atoms with Crippen molar-refractivity contribution in [2.24, 2.45) is 5.92 Å². The Balaban J connectivity index is 1.23. The molecule has 1 amide bonds. The summed E-state index contributed by atoms with van der Waals surface area (Å²) in [6.07, 6.45) is -1.31. The molecule has 0 saturated carbocycles. The number of halogens is 3. The van der Waals surface area contributed by atoms with E-state index >= 15 is 0 Å². The number of rotatable bonds is 5. The van der Waals surface area contributed by atoms with Crippen molar-refractivity contribution in [1.29, 1.82) is 0 Å². The third-order valence-corrected chi connectivity index (χ3v) is 6.67. The van der Waals surface area contributed by atoms with E-state index in [9.17, 15) is 22.8 Å². The van der Waals surface area contributed by atoms with Crippen molar-refractivity contribution in [3.63, 3.8) is 0 Å². The molecule has 0 N–H and O–H groups in total. The van der Waals surface area contributed by atoms with Crippen LogP contribution in [0.25, 0.3) is 0 Å². The molecule has 2 atom stereocenters. The molecule has 1 unspecified atom stereocenters. The van der Waals surface area contributed by atoms with Crippen LogP contribution in [0, 0.1) is 11.7 Å². The maximum atomic E-state index is 14.7. The second kappa shape index (κ2) is 9.07. The van der Waals surface area contributed by atoms with Crippen LogP contribution in [0.1, 0.15) is 36.1 Å². The van der Waals surface area contributed by atoms with Crippen LogP contribution in [-0.2, 0) is 26.8 Å². The zero-order chi connectivity index (χ0) is 24.7. The van der Waals surface area contributed by atoms with Crippen molar-refractivity contribution >= 4 is 11.9 Å². The predicted octanol–water partition coefficient (Wildman–Crippen LogP) is 3.61. The average molecular weight is 490 g/mol. The molecular formula is C25H25F3N2O5. The molecule has 0 spiro atoms. The topological polar surface area (TPSA) is 68.3 Å². The first-order valence-corrected chi connectivity index (χ1v) is 11.5. The Morgan fingerprint density at radius 1 is 1.06 bits per heavy atom. The highest BCUT2D eigenvalue weighted by atomic mass is 19.3. The molecule has 35 heavy (non-hydrogen) atoms. The van der Waals surface area contributed by atoms with Gasteiger partial charge in [0.15, 0.2) is 11.5 Å². The van der Waals surface area contributed by atoms with Gasteiger partial charge in [-0.05, 0) is 23.8 Å². The molecule has 10 heteroatoms. The van der Waals surface area contributed by atoms with E-state index in [4.69, 9.17) is 14.2 Å². The van der Waals surface area contributed by atoms with Gasteiger partial charge in [-0.1, -0.05) is 18.2 Å². The number of hydrogen-bond donors (Lipinski definition) is 0. The van der Waals surface area contributed by atoms with E-state index in [2.05, 4.69) is 4.90 Å². The highest BCUT2D eigenvalue weighted by Crippen LogP contribution is 2.39. The van der Waals surface area contributed by atoms with Crippen LogP contribution in [-0.4, -0.2) is 54.6 Å². The molecule has 2 aromatic carbocycles. The standard InChI is InChI=1S/C25H25F3N2O5/c1-25(27,28)16-3-4-17(19(26)11-16)23-18(12-22(31)35-23)24(32)30-8-6-29(7-9-30)13-15-2-5-20-21(10-15)34-14-33-20/h2-5,10-11,18,23H,6-9,12-14H2,1H3/t18-,23?/m0/s1. The lowest BCUT2D eigenvalue weighted by molar-refractivity contribution is -0.142. The molecule has 186 valence electrons. The number of fused-ring (bicyclic) bond motifs is 1. The number of ether oxygens (including phenoxy) is 3. The zero-order valence-electron chi connectivity index (χ0n) is 19.1. The van der Waals surface area contributed by atoms with Crippen molar-refractivity contribution in [1.82, 2.24) is 9.80 Å². The maximum Gasteiger partial charge on any atom is 0.307 e. The second-order valence-electron chi connectivity index (χ2n) is 9.13. The minimum absolute atomic E-state index is 0.0661.